The van der Waals surface area contributed by atoms with Gasteiger partial charge in [0.1, 0.15) is 0 Å². The summed E-state index contributed by atoms with van der Waals surface area (Å²) < 4.78 is 0. The van der Waals surface area contributed by atoms with Crippen LogP contribution in [0.25, 0.3) is 0 Å². The van der Waals surface area contributed by atoms with E-state index in [0.717, 1.165) is 6.21 Å². The van der Waals surface area contributed by atoms with Crippen LogP contribution in [0.3, 0.4) is 0 Å². The van der Waals surface area contributed by atoms with Gasteiger partial charge in [0, 0.05) is 14.1 Å². The largest absolute Gasteiger partial charge is 0.344 e. The highest BCUT2D eigenvalue weighted by Crippen LogP contribution is 1.68. The van der Waals surface area contributed by atoms with E-state index >= 15 is 0 Å². The first-order valence-electron chi connectivity index (χ1n) is 1.90. The van der Waals surface area contributed by atoms with Crippen molar-refractivity contribution in [3.63, 3.8) is 0 Å². The predicted molar refractivity (Wildman–Crippen MR) is 27.5 cm³/mol. The molecular formula is C4H8N2O. The van der Waals surface area contributed by atoms with Gasteiger partial charge in [-0.25, -0.2) is 0 Å². The molecule has 0 fully saturated rings. The highest BCUT2D eigenvalue weighted by atomic mass is 16.2. The van der Waals surface area contributed by atoms with E-state index in [9.17, 15) is 4.79 Å². The molecule has 0 saturated carbocycles. The molecular weight excluding hydrogens is 92.1 g/mol. The fraction of sp³-hybridized carbons (Fsp3) is 0.500. The first-order chi connectivity index (χ1) is 3.18. The number of amides is 1. The number of carbonyl (C=O) groups excluding carboxylic acids is 1. The van der Waals surface area contributed by atoms with E-state index in [-0.39, 0.29) is 5.91 Å². The molecule has 1 amide bonds. The summed E-state index contributed by atoms with van der Waals surface area (Å²) in [6.45, 7) is 0. The second-order valence-electron chi connectivity index (χ2n) is 1.38. The second kappa shape index (κ2) is 2.34. The zero-order valence-corrected chi connectivity index (χ0v) is 4.43. The first-order valence-corrected chi connectivity index (χ1v) is 1.90. The number of hydrogen-bond donors (Lipinski definition) is 1. The van der Waals surface area contributed by atoms with Gasteiger partial charge >= 0.3 is 0 Å². The zero-order chi connectivity index (χ0) is 5.86. The van der Waals surface area contributed by atoms with Gasteiger partial charge < -0.3 is 10.3 Å². The molecule has 0 rings (SSSR count). The van der Waals surface area contributed by atoms with Crippen molar-refractivity contribution in [2.24, 2.45) is 0 Å². The summed E-state index contributed by atoms with van der Waals surface area (Å²) in [4.78, 5) is 11.5. The number of rotatable bonds is 1. The highest BCUT2D eigenvalue weighted by Gasteiger charge is 1.93. The molecule has 0 aromatic heterocycles. The fourth-order valence-corrected chi connectivity index (χ4v) is 0.129. The van der Waals surface area contributed by atoms with Crippen LogP contribution in [-0.4, -0.2) is 31.1 Å². The highest BCUT2D eigenvalue weighted by molar-refractivity contribution is 6.24. The molecule has 40 valence electrons. The van der Waals surface area contributed by atoms with Crippen LogP contribution in [0.5, 0.6) is 0 Å². The predicted octanol–water partition coefficient (Wildman–Crippen LogP) is -0.276. The molecule has 0 atom stereocenters. The van der Waals surface area contributed by atoms with Crippen LogP contribution in [0.1, 0.15) is 0 Å². The number of nitrogens with one attached hydrogen (secondary N) is 1. The molecule has 7 heavy (non-hydrogen) atoms. The Labute approximate surface area is 42.4 Å². The Morgan fingerprint density at radius 2 is 2.14 bits per heavy atom. The third kappa shape index (κ3) is 1.92. The van der Waals surface area contributed by atoms with Gasteiger partial charge in [-0.1, -0.05) is 0 Å². The van der Waals surface area contributed by atoms with Crippen LogP contribution < -0.4 is 0 Å². The minimum Gasteiger partial charge on any atom is -0.344 e. The second-order valence-corrected chi connectivity index (χ2v) is 1.38. The number of hydrogen-bond acceptors (Lipinski definition) is 2. The van der Waals surface area contributed by atoms with E-state index in [0.29, 0.717) is 0 Å². The van der Waals surface area contributed by atoms with E-state index in [1.807, 2.05) is 0 Å². The Morgan fingerprint density at radius 1 is 1.71 bits per heavy atom. The topological polar surface area (TPSA) is 44.2 Å². The molecule has 0 aromatic rings. The van der Waals surface area contributed by atoms with Crippen molar-refractivity contribution >= 4 is 12.1 Å². The molecule has 0 aliphatic carbocycles. The van der Waals surface area contributed by atoms with Gasteiger partial charge in [0.05, 0.1) is 6.21 Å². The van der Waals surface area contributed by atoms with Gasteiger partial charge in [0.15, 0.2) is 0 Å². The summed E-state index contributed by atoms with van der Waals surface area (Å²) in [7, 11) is 3.21. The van der Waals surface area contributed by atoms with Crippen molar-refractivity contribution in [2.45, 2.75) is 0 Å². The van der Waals surface area contributed by atoms with Gasteiger partial charge in [-0.15, -0.1) is 0 Å². The van der Waals surface area contributed by atoms with Gasteiger partial charge in [-0.05, 0) is 0 Å². The molecule has 0 saturated heterocycles. The molecule has 0 heterocycles. The standard InChI is InChI=1S/C4H8N2O/c1-6(2)4(7)3-5/h3,5H,1-2H3. The SMILES string of the molecule is CN(C)C(=O)C=N. The molecule has 0 aliphatic heterocycles. The quantitative estimate of drug-likeness (QED) is 0.453. The third-order valence-electron chi connectivity index (χ3n) is 0.564. The lowest BCUT2D eigenvalue weighted by molar-refractivity contribution is -0.121. The van der Waals surface area contributed by atoms with Crippen LogP contribution in [0.2, 0.25) is 0 Å². The summed E-state index contributed by atoms with van der Waals surface area (Å²) in [5.41, 5.74) is 0. The average molecular weight is 100 g/mol. The Kier molecular flexibility index (Phi) is 2.05. The molecule has 3 heteroatoms. The maximum absolute atomic E-state index is 10.2. The summed E-state index contributed by atoms with van der Waals surface area (Å²) in [6.07, 6.45) is 0.778. The van der Waals surface area contributed by atoms with Crippen molar-refractivity contribution in [1.82, 2.24) is 4.90 Å². The van der Waals surface area contributed by atoms with Crippen molar-refractivity contribution in [3.05, 3.63) is 0 Å². The van der Waals surface area contributed by atoms with E-state index in [1.54, 1.807) is 14.1 Å². The summed E-state index contributed by atoms with van der Waals surface area (Å²) in [6, 6.07) is 0. The Morgan fingerprint density at radius 3 is 2.14 bits per heavy atom. The van der Waals surface area contributed by atoms with Gasteiger partial charge in [-0.2, -0.15) is 0 Å². The zero-order valence-electron chi connectivity index (χ0n) is 4.43. The minimum absolute atomic E-state index is 0.278. The molecule has 0 unspecified atom stereocenters. The lowest BCUT2D eigenvalue weighted by Gasteiger charge is -2.02. The minimum atomic E-state index is -0.278. The number of nitrogens with zero attached hydrogens (tertiary/aromatic N) is 1. The van der Waals surface area contributed by atoms with Crippen LogP contribution in [0, 0.1) is 5.41 Å². The van der Waals surface area contributed by atoms with E-state index in [2.05, 4.69) is 0 Å². The van der Waals surface area contributed by atoms with E-state index < -0.39 is 0 Å². The van der Waals surface area contributed by atoms with E-state index in [1.165, 1.54) is 4.90 Å². The molecule has 3 nitrogen and oxygen atoms in total. The normalized spacial score (nSPS) is 7.71. The van der Waals surface area contributed by atoms with Gasteiger partial charge in [0.25, 0.3) is 5.91 Å². The lowest BCUT2D eigenvalue weighted by Crippen LogP contribution is -2.21. The first kappa shape index (κ1) is 6.14. The lowest BCUT2D eigenvalue weighted by atomic mass is 10.6. The molecule has 0 spiro atoms. The van der Waals surface area contributed by atoms with E-state index in [4.69, 9.17) is 5.41 Å². The number of carbonyl (C=O) groups is 1. The molecule has 0 radical (unpaired) electrons. The van der Waals surface area contributed by atoms with Crippen molar-refractivity contribution < 1.29 is 4.79 Å². The monoisotopic (exact) mass is 100 g/mol. The third-order valence-corrected chi connectivity index (χ3v) is 0.564. The van der Waals surface area contributed by atoms with Crippen LogP contribution in [0.15, 0.2) is 0 Å². The smallest absolute Gasteiger partial charge is 0.263 e. The molecule has 0 aliphatic rings. The van der Waals surface area contributed by atoms with Crippen molar-refractivity contribution in [2.75, 3.05) is 14.1 Å². The average Bonchev–Trinajstić information content (AvgIpc) is 1.65. The summed E-state index contributed by atoms with van der Waals surface area (Å²) >= 11 is 0. The summed E-state index contributed by atoms with van der Waals surface area (Å²) in [5.74, 6) is -0.278. The Bertz CT molecular complexity index is 87.7. The van der Waals surface area contributed by atoms with Crippen LogP contribution in [-0.2, 0) is 4.79 Å². The molecule has 1 N–H and O–H groups in total. The van der Waals surface area contributed by atoms with Crippen molar-refractivity contribution in [1.29, 1.82) is 5.41 Å². The van der Waals surface area contributed by atoms with Crippen LogP contribution >= 0.6 is 0 Å². The maximum Gasteiger partial charge on any atom is 0.263 e. The fourth-order valence-electron chi connectivity index (χ4n) is 0.129. The van der Waals surface area contributed by atoms with Crippen LogP contribution in [0.4, 0.5) is 0 Å². The molecule has 0 aromatic carbocycles. The Hall–Kier alpha value is -0.860. The summed E-state index contributed by atoms with van der Waals surface area (Å²) in [5, 5.41) is 6.42. The van der Waals surface area contributed by atoms with Gasteiger partial charge in [-0.3, -0.25) is 4.79 Å². The van der Waals surface area contributed by atoms with Crippen molar-refractivity contribution in [3.8, 4) is 0 Å². The Balaban J connectivity index is 3.56. The molecule has 0 bridgehead atoms. The van der Waals surface area contributed by atoms with Gasteiger partial charge in [0.2, 0.25) is 0 Å². The maximum atomic E-state index is 10.2.